The predicted molar refractivity (Wildman–Crippen MR) is 114 cm³/mol. The second kappa shape index (κ2) is 8.55. The van der Waals surface area contributed by atoms with E-state index in [1.807, 2.05) is 47.4 Å². The zero-order valence-corrected chi connectivity index (χ0v) is 16.7. The van der Waals surface area contributed by atoms with E-state index >= 15 is 0 Å². The summed E-state index contributed by atoms with van der Waals surface area (Å²) < 4.78 is 0. The Morgan fingerprint density at radius 1 is 0.966 bits per heavy atom. The van der Waals surface area contributed by atoms with Gasteiger partial charge in [-0.2, -0.15) is 0 Å². The molecule has 0 bridgehead atoms. The number of nitrogen functional groups attached to an aromatic ring is 1. The summed E-state index contributed by atoms with van der Waals surface area (Å²) in [5.41, 5.74) is 11.3. The number of fused-ring (bicyclic) bond motifs is 1. The quantitative estimate of drug-likeness (QED) is 0.741. The molecule has 2 aromatic rings. The van der Waals surface area contributed by atoms with Crippen LogP contribution in [-0.4, -0.2) is 36.3 Å². The number of rotatable bonds is 6. The molecule has 0 atom stereocenters. The molecular formula is C23H28N4O2. The minimum atomic E-state index is -0.00711. The molecule has 2 aliphatic heterocycles. The number of amides is 2. The third kappa shape index (κ3) is 4.36. The van der Waals surface area contributed by atoms with Gasteiger partial charge in [0.2, 0.25) is 11.8 Å². The van der Waals surface area contributed by atoms with Gasteiger partial charge >= 0.3 is 0 Å². The van der Waals surface area contributed by atoms with Crippen LogP contribution < -0.4 is 16.0 Å². The van der Waals surface area contributed by atoms with Gasteiger partial charge in [-0.1, -0.05) is 30.3 Å². The monoisotopic (exact) mass is 392 g/mol. The Labute approximate surface area is 171 Å². The maximum Gasteiger partial charge on any atom is 0.239 e. The molecule has 0 saturated carbocycles. The molecule has 0 aromatic heterocycles. The van der Waals surface area contributed by atoms with E-state index in [1.54, 1.807) is 0 Å². The Morgan fingerprint density at radius 3 is 2.52 bits per heavy atom. The molecule has 4 rings (SSSR count). The van der Waals surface area contributed by atoms with E-state index in [4.69, 9.17) is 5.73 Å². The normalized spacial score (nSPS) is 16.1. The van der Waals surface area contributed by atoms with Crippen molar-refractivity contribution >= 4 is 23.2 Å². The number of nitrogens with two attached hydrogens (primary N) is 1. The lowest BCUT2D eigenvalue weighted by molar-refractivity contribution is -0.128. The van der Waals surface area contributed by atoms with Crippen LogP contribution in [0.4, 0.5) is 11.4 Å². The summed E-state index contributed by atoms with van der Waals surface area (Å²) in [6.07, 6.45) is 3.53. The molecule has 152 valence electrons. The minimum Gasteiger partial charge on any atom is -0.398 e. The zero-order chi connectivity index (χ0) is 20.2. The number of anilines is 2. The van der Waals surface area contributed by atoms with E-state index in [2.05, 4.69) is 10.2 Å². The SMILES string of the molecule is Nc1cccc2c1CCCN2CC(=O)NCc1ccccc1CN1CCCC1=O. The fraction of sp³-hybridized carbons (Fsp3) is 0.391. The maximum absolute atomic E-state index is 12.6. The molecule has 2 aromatic carbocycles. The van der Waals surface area contributed by atoms with Crippen molar-refractivity contribution in [3.63, 3.8) is 0 Å². The van der Waals surface area contributed by atoms with Crippen LogP contribution in [0.25, 0.3) is 0 Å². The van der Waals surface area contributed by atoms with Crippen molar-refractivity contribution in [1.29, 1.82) is 0 Å². The molecule has 0 aliphatic carbocycles. The lowest BCUT2D eigenvalue weighted by atomic mass is 10.00. The first-order valence-corrected chi connectivity index (χ1v) is 10.4. The highest BCUT2D eigenvalue weighted by atomic mass is 16.2. The Morgan fingerprint density at radius 2 is 1.72 bits per heavy atom. The van der Waals surface area contributed by atoms with Gasteiger partial charge in [-0.05, 0) is 48.1 Å². The van der Waals surface area contributed by atoms with Crippen LogP contribution in [0.15, 0.2) is 42.5 Å². The zero-order valence-electron chi connectivity index (χ0n) is 16.7. The lowest BCUT2D eigenvalue weighted by Crippen LogP contribution is -2.39. The number of nitrogens with one attached hydrogen (secondary N) is 1. The molecule has 0 unspecified atom stereocenters. The summed E-state index contributed by atoms with van der Waals surface area (Å²) in [6.45, 7) is 3.08. The second-order valence-corrected chi connectivity index (χ2v) is 7.83. The third-order valence-corrected chi connectivity index (χ3v) is 5.84. The van der Waals surface area contributed by atoms with Crippen LogP contribution in [-0.2, 0) is 29.1 Å². The molecule has 1 fully saturated rings. The highest BCUT2D eigenvalue weighted by Gasteiger charge is 2.22. The number of benzene rings is 2. The van der Waals surface area contributed by atoms with Gasteiger partial charge in [-0.15, -0.1) is 0 Å². The first kappa shape index (κ1) is 19.3. The fourth-order valence-corrected chi connectivity index (χ4v) is 4.28. The molecule has 1 saturated heterocycles. The van der Waals surface area contributed by atoms with Crippen LogP contribution in [0.3, 0.4) is 0 Å². The van der Waals surface area contributed by atoms with E-state index in [0.717, 1.165) is 60.4 Å². The van der Waals surface area contributed by atoms with Gasteiger partial charge in [-0.25, -0.2) is 0 Å². The summed E-state index contributed by atoms with van der Waals surface area (Å²) in [5.74, 6) is 0.208. The molecule has 6 heteroatoms. The van der Waals surface area contributed by atoms with Crippen LogP contribution in [0.1, 0.15) is 36.0 Å². The summed E-state index contributed by atoms with van der Waals surface area (Å²) in [5, 5.41) is 3.05. The smallest absolute Gasteiger partial charge is 0.239 e. The molecule has 29 heavy (non-hydrogen) atoms. The third-order valence-electron chi connectivity index (χ3n) is 5.84. The van der Waals surface area contributed by atoms with E-state index < -0.39 is 0 Å². The van der Waals surface area contributed by atoms with Crippen molar-refractivity contribution in [2.24, 2.45) is 0 Å². The Kier molecular flexibility index (Phi) is 5.69. The maximum atomic E-state index is 12.6. The first-order valence-electron chi connectivity index (χ1n) is 10.4. The number of carbonyl (C=O) groups excluding carboxylic acids is 2. The topological polar surface area (TPSA) is 78.7 Å². The number of likely N-dealkylation sites (tertiary alicyclic amines) is 1. The number of nitrogens with zero attached hydrogens (tertiary/aromatic N) is 2. The van der Waals surface area contributed by atoms with Crippen LogP contribution in [0, 0.1) is 0 Å². The Hall–Kier alpha value is -3.02. The van der Waals surface area contributed by atoms with Crippen molar-refractivity contribution in [2.45, 2.75) is 38.8 Å². The standard InChI is InChI=1S/C23H28N4O2/c24-20-9-3-10-21-19(20)8-4-12-26(21)16-22(28)25-14-17-6-1-2-7-18(17)15-27-13-5-11-23(27)29/h1-3,6-7,9-10H,4-5,8,11-16,24H2,(H,25,28). The average Bonchev–Trinajstić information content (AvgIpc) is 3.13. The fourth-order valence-electron chi connectivity index (χ4n) is 4.28. The lowest BCUT2D eigenvalue weighted by Gasteiger charge is -2.31. The van der Waals surface area contributed by atoms with Crippen LogP contribution >= 0.6 is 0 Å². The predicted octanol–water partition coefficient (Wildman–Crippen LogP) is 2.46. The molecule has 3 N–H and O–H groups in total. The first-order chi connectivity index (χ1) is 14.1. The molecule has 2 aliphatic rings. The summed E-state index contributed by atoms with van der Waals surface area (Å²) in [7, 11) is 0. The van der Waals surface area contributed by atoms with Crippen molar-refractivity contribution in [1.82, 2.24) is 10.2 Å². The van der Waals surface area contributed by atoms with Crippen LogP contribution in [0.2, 0.25) is 0 Å². The van der Waals surface area contributed by atoms with Gasteiger partial charge in [0, 0.05) is 44.0 Å². The molecule has 2 heterocycles. The van der Waals surface area contributed by atoms with Crippen molar-refractivity contribution in [3.8, 4) is 0 Å². The highest BCUT2D eigenvalue weighted by Crippen LogP contribution is 2.30. The van der Waals surface area contributed by atoms with E-state index in [-0.39, 0.29) is 11.8 Å². The van der Waals surface area contributed by atoms with E-state index in [1.165, 1.54) is 0 Å². The highest BCUT2D eigenvalue weighted by molar-refractivity contribution is 5.82. The summed E-state index contributed by atoms with van der Waals surface area (Å²) in [6, 6.07) is 13.9. The minimum absolute atomic E-state index is 0.00711. The largest absolute Gasteiger partial charge is 0.398 e. The summed E-state index contributed by atoms with van der Waals surface area (Å²) in [4.78, 5) is 28.6. The van der Waals surface area contributed by atoms with E-state index in [9.17, 15) is 9.59 Å². The number of hydrogen-bond acceptors (Lipinski definition) is 4. The second-order valence-electron chi connectivity index (χ2n) is 7.83. The Balaban J connectivity index is 1.38. The Bertz CT molecular complexity index is 912. The van der Waals surface area contributed by atoms with Crippen molar-refractivity contribution < 1.29 is 9.59 Å². The number of hydrogen-bond donors (Lipinski definition) is 2. The van der Waals surface area contributed by atoms with Gasteiger partial charge < -0.3 is 20.9 Å². The van der Waals surface area contributed by atoms with Gasteiger partial charge in [0.25, 0.3) is 0 Å². The van der Waals surface area contributed by atoms with E-state index in [0.29, 0.717) is 26.1 Å². The molecule has 0 spiro atoms. The molecule has 6 nitrogen and oxygen atoms in total. The molecule has 0 radical (unpaired) electrons. The average molecular weight is 393 g/mol. The van der Waals surface area contributed by atoms with Gasteiger partial charge in [0.15, 0.2) is 0 Å². The number of carbonyl (C=O) groups is 2. The summed E-state index contributed by atoms with van der Waals surface area (Å²) >= 11 is 0. The van der Waals surface area contributed by atoms with Crippen LogP contribution in [0.5, 0.6) is 0 Å². The van der Waals surface area contributed by atoms with Gasteiger partial charge in [0.1, 0.15) is 0 Å². The van der Waals surface area contributed by atoms with Crippen molar-refractivity contribution in [3.05, 3.63) is 59.2 Å². The molecular weight excluding hydrogens is 364 g/mol. The van der Waals surface area contributed by atoms with Gasteiger partial charge in [-0.3, -0.25) is 9.59 Å². The van der Waals surface area contributed by atoms with Gasteiger partial charge in [0.05, 0.1) is 6.54 Å². The molecule has 2 amide bonds. The van der Waals surface area contributed by atoms with Crippen molar-refractivity contribution in [2.75, 3.05) is 30.3 Å².